The minimum absolute atomic E-state index is 0.0760. The summed E-state index contributed by atoms with van der Waals surface area (Å²) in [4.78, 5) is 71.1. The first-order valence-corrected chi connectivity index (χ1v) is 10.7. The van der Waals surface area contributed by atoms with Crippen molar-refractivity contribution < 1.29 is 33.5 Å². The maximum absolute atomic E-state index is 12.5. The lowest BCUT2D eigenvalue weighted by atomic mass is 10.0. The second kappa shape index (κ2) is 14.7. The van der Waals surface area contributed by atoms with Crippen molar-refractivity contribution in [2.45, 2.75) is 65.6 Å². The van der Waals surface area contributed by atoms with Crippen LogP contribution in [0.3, 0.4) is 0 Å². The van der Waals surface area contributed by atoms with Gasteiger partial charge in [-0.05, 0) is 40.0 Å². The Morgan fingerprint density at radius 3 is 1.82 bits per heavy atom. The van der Waals surface area contributed by atoms with Gasteiger partial charge in [-0.2, -0.15) is 0 Å². The second-order valence-corrected chi connectivity index (χ2v) is 8.90. The average molecular weight is 488 g/mol. The molecule has 0 saturated carbocycles. The van der Waals surface area contributed by atoms with Gasteiger partial charge in [0.2, 0.25) is 23.6 Å². The van der Waals surface area contributed by atoms with E-state index >= 15 is 0 Å². The molecule has 0 bridgehead atoms. The van der Waals surface area contributed by atoms with Crippen LogP contribution in [0.1, 0.15) is 48.0 Å². The largest absolute Gasteiger partial charge is 0.444 e. The zero-order valence-corrected chi connectivity index (χ0v) is 20.5. The third kappa shape index (κ3) is 14.6. The topological polar surface area (TPSA) is 210 Å². The van der Waals surface area contributed by atoms with Crippen molar-refractivity contribution in [3.05, 3.63) is 0 Å². The highest BCUT2D eigenvalue weighted by atomic mass is 16.6. The zero-order chi connectivity index (χ0) is 26.5. The number of hydrogen-bond acceptors (Lipinski definition) is 8. The Balaban J connectivity index is 4.52. The molecule has 8 N–H and O–H groups in total. The van der Waals surface area contributed by atoms with Crippen LogP contribution in [-0.4, -0.2) is 72.9 Å². The summed E-state index contributed by atoms with van der Waals surface area (Å²) in [6.07, 6.45) is -0.432. The summed E-state index contributed by atoms with van der Waals surface area (Å²) >= 11 is 0. The molecule has 2 unspecified atom stereocenters. The number of ether oxygens (including phenoxy) is 1. The summed E-state index contributed by atoms with van der Waals surface area (Å²) in [5.41, 5.74) is 1.11. The molecule has 14 nitrogen and oxygen atoms in total. The SMILES string of the molecule is CC(C)CC(NC(=O)OC(C)(C)C)C(=O)NCC(=O)NCC(=O)NC(C)C(=O)NCC(=O)NN. The highest BCUT2D eigenvalue weighted by Gasteiger charge is 2.25. The molecular formula is C20H37N7O7. The van der Waals surface area contributed by atoms with Gasteiger partial charge in [0.05, 0.1) is 19.6 Å². The standard InChI is InChI=1S/C20H37N7O7/c1-11(2)7-13(26-19(33)34-20(4,5)6)18(32)24-8-14(28)22-9-15(29)25-12(3)17(31)23-10-16(30)27-21/h11-13H,7-10,21H2,1-6H3,(H,22,28)(H,23,31)(H,24,32)(H,25,29)(H,26,33)(H,27,30). The molecule has 0 fully saturated rings. The summed E-state index contributed by atoms with van der Waals surface area (Å²) in [5.74, 6) is 1.85. The van der Waals surface area contributed by atoms with Gasteiger partial charge in [0.25, 0.3) is 5.91 Å². The molecule has 0 heterocycles. The van der Waals surface area contributed by atoms with E-state index in [4.69, 9.17) is 10.6 Å². The predicted octanol–water partition coefficient (Wildman–Crippen LogP) is -2.23. The van der Waals surface area contributed by atoms with Crippen LogP contribution in [0.5, 0.6) is 0 Å². The molecule has 0 spiro atoms. The molecule has 194 valence electrons. The van der Waals surface area contributed by atoms with Gasteiger partial charge in [-0.15, -0.1) is 0 Å². The summed E-state index contributed by atoms with van der Waals surface area (Å²) < 4.78 is 5.16. The highest BCUT2D eigenvalue weighted by Crippen LogP contribution is 2.09. The normalized spacial score (nSPS) is 12.6. The number of carbonyl (C=O) groups is 6. The third-order valence-electron chi connectivity index (χ3n) is 3.94. The minimum Gasteiger partial charge on any atom is -0.444 e. The Hall–Kier alpha value is -3.42. The Bertz CT molecular complexity index is 750. The Kier molecular flexibility index (Phi) is 13.2. The Morgan fingerprint density at radius 1 is 0.765 bits per heavy atom. The van der Waals surface area contributed by atoms with E-state index in [1.165, 1.54) is 6.92 Å². The number of rotatable bonds is 12. The number of nitrogens with one attached hydrogen (secondary N) is 6. The van der Waals surface area contributed by atoms with Crippen LogP contribution >= 0.6 is 0 Å². The fourth-order valence-electron chi connectivity index (χ4n) is 2.41. The first-order valence-electron chi connectivity index (χ1n) is 10.7. The summed E-state index contributed by atoms with van der Waals surface area (Å²) in [5, 5.41) is 11.8. The molecule has 0 aromatic rings. The molecule has 14 heteroatoms. The van der Waals surface area contributed by atoms with E-state index in [1.807, 2.05) is 19.3 Å². The number of hydrogen-bond donors (Lipinski definition) is 7. The van der Waals surface area contributed by atoms with E-state index in [1.54, 1.807) is 20.8 Å². The fourth-order valence-corrected chi connectivity index (χ4v) is 2.41. The van der Waals surface area contributed by atoms with Crippen LogP contribution < -0.4 is 37.9 Å². The van der Waals surface area contributed by atoms with Gasteiger partial charge in [-0.25, -0.2) is 10.6 Å². The van der Waals surface area contributed by atoms with E-state index in [-0.39, 0.29) is 12.5 Å². The predicted molar refractivity (Wildman–Crippen MR) is 122 cm³/mol. The smallest absolute Gasteiger partial charge is 0.408 e. The van der Waals surface area contributed by atoms with Crippen LogP contribution in [0.4, 0.5) is 4.79 Å². The second-order valence-electron chi connectivity index (χ2n) is 8.90. The van der Waals surface area contributed by atoms with Crippen LogP contribution in [-0.2, 0) is 28.7 Å². The first kappa shape index (κ1) is 30.6. The van der Waals surface area contributed by atoms with Crippen LogP contribution in [0, 0.1) is 5.92 Å². The van der Waals surface area contributed by atoms with Crippen molar-refractivity contribution in [2.24, 2.45) is 11.8 Å². The molecule has 0 aliphatic rings. The highest BCUT2D eigenvalue weighted by molar-refractivity contribution is 5.93. The monoisotopic (exact) mass is 487 g/mol. The average Bonchev–Trinajstić information content (AvgIpc) is 2.71. The van der Waals surface area contributed by atoms with Crippen LogP contribution in [0.2, 0.25) is 0 Å². The molecule has 0 radical (unpaired) electrons. The van der Waals surface area contributed by atoms with Crippen molar-refractivity contribution in [1.82, 2.24) is 32.0 Å². The van der Waals surface area contributed by atoms with E-state index in [0.29, 0.717) is 6.42 Å². The van der Waals surface area contributed by atoms with E-state index < -0.39 is 66.4 Å². The number of hydrazine groups is 1. The molecule has 6 amide bonds. The molecule has 0 aromatic heterocycles. The van der Waals surface area contributed by atoms with E-state index in [9.17, 15) is 28.8 Å². The van der Waals surface area contributed by atoms with Gasteiger partial charge in [-0.1, -0.05) is 13.8 Å². The molecule has 0 rings (SSSR count). The summed E-state index contributed by atoms with van der Waals surface area (Å²) in [6, 6.07) is -1.88. The number of carbonyl (C=O) groups excluding carboxylic acids is 6. The van der Waals surface area contributed by atoms with Crippen molar-refractivity contribution in [3.63, 3.8) is 0 Å². The lowest BCUT2D eigenvalue weighted by Gasteiger charge is -2.24. The molecule has 2 atom stereocenters. The van der Waals surface area contributed by atoms with Gasteiger partial charge in [-0.3, -0.25) is 29.4 Å². The quantitative estimate of drug-likeness (QED) is 0.0907. The Labute approximate surface area is 198 Å². The molecule has 0 saturated heterocycles. The maximum atomic E-state index is 12.5. The van der Waals surface area contributed by atoms with Crippen molar-refractivity contribution in [2.75, 3.05) is 19.6 Å². The van der Waals surface area contributed by atoms with Gasteiger partial charge in [0.1, 0.15) is 17.7 Å². The fraction of sp³-hybridized carbons (Fsp3) is 0.700. The van der Waals surface area contributed by atoms with E-state index in [2.05, 4.69) is 26.6 Å². The van der Waals surface area contributed by atoms with Gasteiger partial charge >= 0.3 is 6.09 Å². The van der Waals surface area contributed by atoms with Crippen molar-refractivity contribution >= 4 is 35.6 Å². The zero-order valence-electron chi connectivity index (χ0n) is 20.5. The number of alkyl carbamates (subject to hydrolysis) is 1. The Morgan fingerprint density at radius 2 is 1.29 bits per heavy atom. The van der Waals surface area contributed by atoms with Gasteiger partial charge < -0.3 is 31.3 Å². The lowest BCUT2D eigenvalue weighted by Crippen LogP contribution is -2.52. The van der Waals surface area contributed by atoms with Gasteiger partial charge in [0, 0.05) is 0 Å². The van der Waals surface area contributed by atoms with E-state index in [0.717, 1.165) is 0 Å². The van der Waals surface area contributed by atoms with Crippen molar-refractivity contribution in [1.29, 1.82) is 0 Å². The molecular weight excluding hydrogens is 450 g/mol. The summed E-state index contributed by atoms with van der Waals surface area (Å²) in [7, 11) is 0. The molecule has 0 aromatic carbocycles. The molecule has 0 aliphatic heterocycles. The third-order valence-corrected chi connectivity index (χ3v) is 3.94. The lowest BCUT2D eigenvalue weighted by molar-refractivity contribution is -0.130. The van der Waals surface area contributed by atoms with Crippen molar-refractivity contribution in [3.8, 4) is 0 Å². The number of nitrogens with two attached hydrogens (primary N) is 1. The van der Waals surface area contributed by atoms with Crippen LogP contribution in [0.15, 0.2) is 0 Å². The van der Waals surface area contributed by atoms with Crippen LogP contribution in [0.25, 0.3) is 0 Å². The number of amides is 6. The van der Waals surface area contributed by atoms with Gasteiger partial charge in [0.15, 0.2) is 0 Å². The first-order chi connectivity index (χ1) is 15.6. The maximum Gasteiger partial charge on any atom is 0.408 e. The molecule has 0 aliphatic carbocycles. The molecule has 34 heavy (non-hydrogen) atoms. The minimum atomic E-state index is -0.967. The summed E-state index contributed by atoms with van der Waals surface area (Å²) in [6.45, 7) is 8.98.